The Labute approximate surface area is 93.0 Å². The number of benzene rings is 1. The average Bonchev–Trinajstić information content (AvgIpc) is 2.27. The Hall–Kier alpha value is -2.04. The summed E-state index contributed by atoms with van der Waals surface area (Å²) >= 11 is 0. The van der Waals surface area contributed by atoms with E-state index in [9.17, 15) is 9.59 Å². The number of hydrogen-bond acceptors (Lipinski definition) is 3. The van der Waals surface area contributed by atoms with Crippen LogP contribution in [0.5, 0.6) is 0 Å². The van der Waals surface area contributed by atoms with Gasteiger partial charge in [-0.25, -0.2) is 4.79 Å². The molecule has 0 saturated carbocycles. The van der Waals surface area contributed by atoms with Crippen molar-refractivity contribution in [3.8, 4) is 0 Å². The fourth-order valence-electron chi connectivity index (χ4n) is 0.986. The maximum Gasteiger partial charge on any atom is 0.407 e. The highest BCUT2D eigenvalue weighted by Gasteiger charge is 2.03. The first kappa shape index (κ1) is 12.0. The summed E-state index contributed by atoms with van der Waals surface area (Å²) in [7, 11) is 0. The lowest BCUT2D eigenvalue weighted by Gasteiger charge is -2.05. The van der Waals surface area contributed by atoms with Gasteiger partial charge >= 0.3 is 12.1 Å². The lowest BCUT2D eigenvalue weighted by molar-refractivity contribution is -0.136. The van der Waals surface area contributed by atoms with Crippen molar-refractivity contribution in [1.82, 2.24) is 5.32 Å². The zero-order valence-electron chi connectivity index (χ0n) is 8.55. The maximum atomic E-state index is 11.0. The van der Waals surface area contributed by atoms with Crippen LogP contribution in [0.3, 0.4) is 0 Å². The second-order valence-corrected chi connectivity index (χ2v) is 3.01. The molecule has 1 radical (unpaired) electrons. The molecule has 0 aliphatic rings. The molecule has 16 heavy (non-hydrogen) atoms. The average molecular weight is 222 g/mol. The highest BCUT2D eigenvalue weighted by atomic mass is 16.5. The van der Waals surface area contributed by atoms with Gasteiger partial charge in [0, 0.05) is 0 Å². The summed E-state index contributed by atoms with van der Waals surface area (Å²) in [6, 6.07) is 9.20. The topological polar surface area (TPSA) is 75.6 Å². The summed E-state index contributed by atoms with van der Waals surface area (Å²) in [6.07, 6.45) is -0.898. The van der Waals surface area contributed by atoms with Crippen LogP contribution < -0.4 is 5.32 Å². The molecule has 0 heterocycles. The predicted octanol–water partition coefficient (Wildman–Crippen LogP) is 1.55. The van der Waals surface area contributed by atoms with Gasteiger partial charge in [-0.1, -0.05) is 30.3 Å². The summed E-state index contributed by atoms with van der Waals surface area (Å²) < 4.78 is 4.84. The van der Waals surface area contributed by atoms with Crippen LogP contribution in [0.25, 0.3) is 0 Å². The number of ether oxygens (including phenoxy) is 1. The van der Waals surface area contributed by atoms with Crippen LogP contribution in [0.1, 0.15) is 12.0 Å². The van der Waals surface area contributed by atoms with Gasteiger partial charge in [-0.05, 0) is 5.56 Å². The second-order valence-electron chi connectivity index (χ2n) is 3.01. The van der Waals surface area contributed by atoms with E-state index in [-0.39, 0.29) is 13.0 Å². The summed E-state index contributed by atoms with van der Waals surface area (Å²) in [6.45, 7) is 1.29. The lowest BCUT2D eigenvalue weighted by atomic mass is 10.2. The van der Waals surface area contributed by atoms with E-state index in [4.69, 9.17) is 9.84 Å². The van der Waals surface area contributed by atoms with E-state index in [2.05, 4.69) is 5.32 Å². The minimum absolute atomic E-state index is 0.160. The number of alkyl carbamates (subject to hydrolysis) is 1. The number of amides is 1. The molecule has 2 N–H and O–H groups in total. The smallest absolute Gasteiger partial charge is 0.407 e. The molecular weight excluding hydrogens is 210 g/mol. The van der Waals surface area contributed by atoms with Crippen LogP contribution in [-0.2, 0) is 16.1 Å². The molecule has 1 rings (SSSR count). The molecule has 5 heteroatoms. The lowest BCUT2D eigenvalue weighted by Crippen LogP contribution is -2.22. The van der Waals surface area contributed by atoms with Gasteiger partial charge in [0.2, 0.25) is 0 Å². The van der Waals surface area contributed by atoms with E-state index < -0.39 is 12.1 Å². The summed E-state index contributed by atoms with van der Waals surface area (Å²) in [4.78, 5) is 21.2. The third kappa shape index (κ3) is 4.99. The van der Waals surface area contributed by atoms with Crippen LogP contribution >= 0.6 is 0 Å². The molecule has 1 aromatic carbocycles. The third-order valence-electron chi connectivity index (χ3n) is 1.71. The molecule has 0 spiro atoms. The van der Waals surface area contributed by atoms with E-state index in [1.165, 1.54) is 0 Å². The van der Waals surface area contributed by atoms with E-state index in [1.807, 2.05) is 30.3 Å². The quantitative estimate of drug-likeness (QED) is 0.792. The number of hydrogen-bond donors (Lipinski definition) is 2. The molecule has 85 valence electrons. The Morgan fingerprint density at radius 1 is 1.31 bits per heavy atom. The molecule has 0 unspecified atom stereocenters. The molecule has 0 aliphatic heterocycles. The Morgan fingerprint density at radius 3 is 2.62 bits per heavy atom. The molecule has 5 nitrogen and oxygen atoms in total. The fourth-order valence-corrected chi connectivity index (χ4v) is 0.986. The van der Waals surface area contributed by atoms with Crippen LogP contribution in [-0.4, -0.2) is 17.2 Å². The molecule has 1 amide bonds. The molecule has 0 atom stereocenters. The van der Waals surface area contributed by atoms with Gasteiger partial charge in [-0.3, -0.25) is 4.79 Å². The Kier molecular flexibility index (Phi) is 4.85. The zero-order valence-corrected chi connectivity index (χ0v) is 8.55. The van der Waals surface area contributed by atoms with E-state index >= 15 is 0 Å². The van der Waals surface area contributed by atoms with Crippen molar-refractivity contribution in [2.45, 2.75) is 13.0 Å². The van der Waals surface area contributed by atoms with Crippen molar-refractivity contribution in [3.05, 3.63) is 42.4 Å². The number of carboxylic acids is 1. The zero-order chi connectivity index (χ0) is 11.8. The van der Waals surface area contributed by atoms with Crippen LogP contribution in [0, 0.1) is 6.54 Å². The Balaban J connectivity index is 2.18. The van der Waals surface area contributed by atoms with Crippen molar-refractivity contribution < 1.29 is 19.4 Å². The van der Waals surface area contributed by atoms with Crippen molar-refractivity contribution in [1.29, 1.82) is 0 Å². The first-order valence-corrected chi connectivity index (χ1v) is 4.69. The van der Waals surface area contributed by atoms with Crippen molar-refractivity contribution in [2.24, 2.45) is 0 Å². The van der Waals surface area contributed by atoms with Gasteiger partial charge in [0.25, 0.3) is 0 Å². The van der Waals surface area contributed by atoms with Gasteiger partial charge in [0.15, 0.2) is 0 Å². The highest BCUT2D eigenvalue weighted by molar-refractivity contribution is 5.71. The minimum Gasteiger partial charge on any atom is -0.481 e. The number of nitrogens with one attached hydrogen (secondary N) is 1. The number of rotatable bonds is 5. The van der Waals surface area contributed by atoms with Crippen molar-refractivity contribution in [2.75, 3.05) is 0 Å². The maximum absolute atomic E-state index is 11.0. The number of carboxylic acid groups (broad SMARTS) is 1. The Morgan fingerprint density at radius 2 is 2.00 bits per heavy atom. The minimum atomic E-state index is -1.01. The highest BCUT2D eigenvalue weighted by Crippen LogP contribution is 2.00. The molecule has 0 aromatic heterocycles. The first-order chi connectivity index (χ1) is 7.68. The third-order valence-corrected chi connectivity index (χ3v) is 1.71. The van der Waals surface area contributed by atoms with Crippen LogP contribution in [0.4, 0.5) is 4.79 Å². The Bertz CT molecular complexity index is 350. The van der Waals surface area contributed by atoms with E-state index in [1.54, 1.807) is 0 Å². The van der Waals surface area contributed by atoms with E-state index in [0.29, 0.717) is 0 Å². The fraction of sp³-hybridized carbons (Fsp3) is 0.182. The number of aliphatic carboxylic acids is 1. The summed E-state index contributed by atoms with van der Waals surface area (Å²) in [5.74, 6) is -1.01. The van der Waals surface area contributed by atoms with Crippen molar-refractivity contribution >= 4 is 12.1 Å². The number of carbonyl (C=O) groups is 2. The summed E-state index contributed by atoms with van der Waals surface area (Å²) in [5, 5.41) is 10.5. The number of carbonyl (C=O) groups excluding carboxylic acids is 1. The monoisotopic (exact) mass is 222 g/mol. The SMILES string of the molecule is O=C(O)C[CH]NC(=O)OCc1ccccc1. The van der Waals surface area contributed by atoms with Gasteiger partial charge in [-0.2, -0.15) is 0 Å². The van der Waals surface area contributed by atoms with Gasteiger partial charge in [0.05, 0.1) is 13.0 Å². The second kappa shape index (κ2) is 6.44. The molecule has 0 aliphatic carbocycles. The molecule has 0 saturated heterocycles. The van der Waals surface area contributed by atoms with Crippen molar-refractivity contribution in [3.63, 3.8) is 0 Å². The standard InChI is InChI=1S/C11H12NO4/c13-10(14)6-7-12-11(15)16-8-9-4-2-1-3-5-9/h1-5,7H,6,8H2,(H,12,15)(H,13,14). The molecule has 1 aromatic rings. The molecular formula is C11H12NO4. The first-order valence-electron chi connectivity index (χ1n) is 4.69. The largest absolute Gasteiger partial charge is 0.481 e. The summed E-state index contributed by atoms with van der Waals surface area (Å²) in [5.41, 5.74) is 0.871. The normalized spacial score (nSPS) is 9.50. The van der Waals surface area contributed by atoms with Gasteiger partial charge in [0.1, 0.15) is 6.61 Å². The predicted molar refractivity (Wildman–Crippen MR) is 56.3 cm³/mol. The van der Waals surface area contributed by atoms with Crippen LogP contribution in [0.15, 0.2) is 30.3 Å². The van der Waals surface area contributed by atoms with E-state index in [0.717, 1.165) is 12.1 Å². The molecule has 0 bridgehead atoms. The van der Waals surface area contributed by atoms with Crippen LogP contribution in [0.2, 0.25) is 0 Å². The van der Waals surface area contributed by atoms with Gasteiger partial charge < -0.3 is 15.2 Å². The molecule has 0 fully saturated rings. The van der Waals surface area contributed by atoms with Gasteiger partial charge in [-0.15, -0.1) is 0 Å².